The Bertz CT molecular complexity index is 1010. The molecule has 0 bridgehead atoms. The number of imide groups is 1. The highest BCUT2D eigenvalue weighted by Gasteiger charge is 2.41. The lowest BCUT2D eigenvalue weighted by molar-refractivity contribution is -0.131. The number of amides is 4. The number of carboxylic acid groups (broad SMARTS) is 1. The van der Waals surface area contributed by atoms with Crippen LogP contribution in [0.5, 0.6) is 11.5 Å². The van der Waals surface area contributed by atoms with Crippen LogP contribution >= 0.6 is 0 Å². The summed E-state index contributed by atoms with van der Waals surface area (Å²) < 4.78 is 5.78. The molecule has 2 aromatic heterocycles. The van der Waals surface area contributed by atoms with E-state index in [0.29, 0.717) is 36.0 Å². The van der Waals surface area contributed by atoms with E-state index in [1.807, 2.05) is 13.8 Å². The Morgan fingerprint density at radius 1 is 1.30 bits per heavy atom. The van der Waals surface area contributed by atoms with E-state index in [0.717, 1.165) is 4.90 Å². The summed E-state index contributed by atoms with van der Waals surface area (Å²) in [6.07, 6.45) is 0.914. The topological polar surface area (TPSA) is 125 Å². The van der Waals surface area contributed by atoms with Crippen LogP contribution in [0.2, 0.25) is 0 Å². The summed E-state index contributed by atoms with van der Waals surface area (Å²) in [5.74, 6) is 1.12. The van der Waals surface area contributed by atoms with Crippen LogP contribution < -0.4 is 15.0 Å². The summed E-state index contributed by atoms with van der Waals surface area (Å²) >= 11 is 0. The van der Waals surface area contributed by atoms with Crippen molar-refractivity contribution in [1.82, 2.24) is 14.9 Å². The highest BCUT2D eigenvalue weighted by Crippen LogP contribution is 2.31. The zero-order valence-electron chi connectivity index (χ0n) is 17.2. The number of likely N-dealkylation sites (tertiary alicyclic amines) is 1. The van der Waals surface area contributed by atoms with Gasteiger partial charge in [0, 0.05) is 31.3 Å². The molecule has 30 heavy (non-hydrogen) atoms. The zero-order chi connectivity index (χ0) is 22.1. The number of hydrogen-bond donors (Lipinski definition) is 2. The molecule has 3 rings (SSSR count). The largest absolute Gasteiger partial charge is 0.465 e. The lowest BCUT2D eigenvalue weighted by Gasteiger charge is -2.18. The van der Waals surface area contributed by atoms with E-state index in [-0.39, 0.29) is 11.7 Å². The Morgan fingerprint density at radius 3 is 2.63 bits per heavy atom. The molecule has 0 aromatic carbocycles. The van der Waals surface area contributed by atoms with Crippen LogP contribution in [0, 0.1) is 12.3 Å². The molecule has 1 saturated heterocycles. The van der Waals surface area contributed by atoms with Crippen molar-refractivity contribution in [3.8, 4) is 11.5 Å². The standard InChI is InChI=1S/C20H23N5O5/c1-12-14(30-13-7-9-21-16(11-13)24(4)19(28)29)5-6-15(22-12)23-18(27)25-10-8-20(2,3)17(25)26/h5-7,9,11H,8,10H2,1-4H3,(H,28,29)(H,22,23,27). The maximum atomic E-state index is 12.4. The van der Waals surface area contributed by atoms with E-state index >= 15 is 0 Å². The van der Waals surface area contributed by atoms with Gasteiger partial charge in [0.1, 0.15) is 23.1 Å². The van der Waals surface area contributed by atoms with E-state index in [2.05, 4.69) is 15.3 Å². The minimum absolute atomic E-state index is 0.212. The molecule has 1 fully saturated rings. The number of nitrogens with zero attached hydrogens (tertiary/aromatic N) is 4. The van der Waals surface area contributed by atoms with Crippen molar-refractivity contribution in [1.29, 1.82) is 0 Å². The lowest BCUT2D eigenvalue weighted by atomic mass is 9.92. The molecule has 1 aliphatic rings. The molecule has 4 amide bonds. The third-order valence-electron chi connectivity index (χ3n) is 4.88. The van der Waals surface area contributed by atoms with Crippen molar-refractivity contribution in [2.75, 3.05) is 23.8 Å². The van der Waals surface area contributed by atoms with Gasteiger partial charge in [-0.1, -0.05) is 13.8 Å². The average Bonchev–Trinajstić information content (AvgIpc) is 2.96. The van der Waals surface area contributed by atoms with E-state index < -0.39 is 17.5 Å². The highest BCUT2D eigenvalue weighted by atomic mass is 16.5. The number of carbonyl (C=O) groups is 3. The minimum atomic E-state index is -1.14. The van der Waals surface area contributed by atoms with Crippen molar-refractivity contribution < 1.29 is 24.2 Å². The van der Waals surface area contributed by atoms with Crippen LogP contribution in [-0.4, -0.2) is 51.6 Å². The van der Waals surface area contributed by atoms with Crippen molar-refractivity contribution >= 4 is 29.7 Å². The summed E-state index contributed by atoms with van der Waals surface area (Å²) in [6.45, 7) is 5.71. The first-order valence-electron chi connectivity index (χ1n) is 9.29. The molecule has 0 spiro atoms. The Balaban J connectivity index is 1.70. The third kappa shape index (κ3) is 4.32. The van der Waals surface area contributed by atoms with Gasteiger partial charge in [0.05, 0.1) is 5.69 Å². The molecule has 10 nitrogen and oxygen atoms in total. The highest BCUT2D eigenvalue weighted by molar-refractivity contribution is 6.03. The van der Waals surface area contributed by atoms with Gasteiger partial charge in [-0.15, -0.1) is 0 Å². The summed E-state index contributed by atoms with van der Waals surface area (Å²) in [5, 5.41) is 11.7. The quantitative estimate of drug-likeness (QED) is 0.786. The van der Waals surface area contributed by atoms with Gasteiger partial charge in [0.2, 0.25) is 5.91 Å². The van der Waals surface area contributed by atoms with Crippen molar-refractivity contribution in [3.05, 3.63) is 36.2 Å². The molecule has 2 N–H and O–H groups in total. The molecule has 0 saturated carbocycles. The summed E-state index contributed by atoms with van der Waals surface area (Å²) in [4.78, 5) is 46.2. The number of pyridine rings is 2. The summed E-state index contributed by atoms with van der Waals surface area (Å²) in [7, 11) is 1.38. The molecule has 1 aliphatic heterocycles. The smallest absolute Gasteiger partial charge is 0.412 e. The average molecular weight is 413 g/mol. The van der Waals surface area contributed by atoms with Gasteiger partial charge in [0.25, 0.3) is 0 Å². The van der Waals surface area contributed by atoms with Crippen molar-refractivity contribution in [2.24, 2.45) is 5.41 Å². The molecular formula is C20H23N5O5. The number of ether oxygens (including phenoxy) is 1. The fourth-order valence-corrected chi connectivity index (χ4v) is 2.93. The zero-order valence-corrected chi connectivity index (χ0v) is 17.2. The number of aromatic nitrogens is 2. The molecule has 2 aromatic rings. The van der Waals surface area contributed by atoms with E-state index in [1.54, 1.807) is 25.1 Å². The normalized spacial score (nSPS) is 15.1. The summed E-state index contributed by atoms with van der Waals surface area (Å²) in [5.41, 5.74) is -0.0398. The van der Waals surface area contributed by atoms with Crippen LogP contribution in [0.1, 0.15) is 26.0 Å². The first-order valence-corrected chi connectivity index (χ1v) is 9.29. The lowest BCUT2D eigenvalue weighted by Crippen LogP contribution is -2.39. The first-order chi connectivity index (χ1) is 14.1. The number of hydrogen-bond acceptors (Lipinski definition) is 6. The van der Waals surface area contributed by atoms with E-state index in [4.69, 9.17) is 9.84 Å². The number of aryl methyl sites for hydroxylation is 1. The van der Waals surface area contributed by atoms with Gasteiger partial charge in [-0.25, -0.2) is 19.6 Å². The van der Waals surface area contributed by atoms with Crippen LogP contribution in [0.25, 0.3) is 0 Å². The van der Waals surface area contributed by atoms with Crippen LogP contribution in [0.15, 0.2) is 30.5 Å². The SMILES string of the molecule is Cc1nc(NC(=O)N2CCC(C)(C)C2=O)ccc1Oc1ccnc(N(C)C(=O)O)c1. The van der Waals surface area contributed by atoms with E-state index in [1.165, 1.54) is 24.2 Å². The fraction of sp³-hybridized carbons (Fsp3) is 0.350. The second-order valence-electron chi connectivity index (χ2n) is 7.59. The maximum absolute atomic E-state index is 12.4. The molecule has 0 unspecified atom stereocenters. The first kappa shape index (κ1) is 21.0. The minimum Gasteiger partial charge on any atom is -0.465 e. The molecule has 0 aliphatic carbocycles. The molecule has 158 valence electrons. The van der Waals surface area contributed by atoms with Gasteiger partial charge in [0.15, 0.2) is 0 Å². The summed E-state index contributed by atoms with van der Waals surface area (Å²) in [6, 6.07) is 5.77. The Hall–Kier alpha value is -3.69. The van der Waals surface area contributed by atoms with Gasteiger partial charge in [-0.05, 0) is 31.5 Å². The Labute approximate surface area is 173 Å². The van der Waals surface area contributed by atoms with Crippen molar-refractivity contribution in [3.63, 3.8) is 0 Å². The number of rotatable bonds is 4. The number of urea groups is 1. The number of nitrogens with one attached hydrogen (secondary N) is 1. The van der Waals surface area contributed by atoms with Crippen LogP contribution in [0.3, 0.4) is 0 Å². The second kappa shape index (κ2) is 7.97. The molecule has 0 atom stereocenters. The number of carbonyl (C=O) groups excluding carboxylic acids is 2. The van der Waals surface area contributed by atoms with Gasteiger partial charge >= 0.3 is 12.1 Å². The molecule has 3 heterocycles. The monoisotopic (exact) mass is 413 g/mol. The van der Waals surface area contributed by atoms with Crippen molar-refractivity contribution in [2.45, 2.75) is 27.2 Å². The Kier molecular flexibility index (Phi) is 5.59. The third-order valence-corrected chi connectivity index (χ3v) is 4.88. The van der Waals surface area contributed by atoms with Gasteiger partial charge < -0.3 is 9.84 Å². The molecule has 10 heteroatoms. The van der Waals surface area contributed by atoms with Gasteiger partial charge in [-0.2, -0.15) is 0 Å². The van der Waals surface area contributed by atoms with Crippen LogP contribution in [0.4, 0.5) is 21.2 Å². The number of anilines is 2. The predicted molar refractivity (Wildman–Crippen MR) is 109 cm³/mol. The van der Waals surface area contributed by atoms with Crippen LogP contribution in [-0.2, 0) is 4.79 Å². The van der Waals surface area contributed by atoms with Gasteiger partial charge in [-0.3, -0.25) is 19.9 Å². The Morgan fingerprint density at radius 2 is 2.03 bits per heavy atom. The predicted octanol–water partition coefficient (Wildman–Crippen LogP) is 3.48. The molecule has 0 radical (unpaired) electrons. The maximum Gasteiger partial charge on any atom is 0.412 e. The fourth-order valence-electron chi connectivity index (χ4n) is 2.93. The molecular weight excluding hydrogens is 390 g/mol. The second-order valence-corrected chi connectivity index (χ2v) is 7.59. The van der Waals surface area contributed by atoms with E-state index in [9.17, 15) is 14.4 Å².